The van der Waals surface area contributed by atoms with Crippen LogP contribution in [0.5, 0.6) is 0 Å². The van der Waals surface area contributed by atoms with Crippen molar-refractivity contribution >= 4 is 21.4 Å². The molecule has 1 aromatic heterocycles. The van der Waals surface area contributed by atoms with Gasteiger partial charge >= 0.3 is 0 Å². The molecule has 6 heteroatoms. The largest absolute Gasteiger partial charge is 0.250 e. The summed E-state index contributed by atoms with van der Waals surface area (Å²) in [5.74, 6) is 0. The molecule has 0 saturated heterocycles. The number of thiophene rings is 1. The van der Waals surface area contributed by atoms with Gasteiger partial charge in [-0.15, -0.1) is 11.3 Å². The maximum absolute atomic E-state index is 12.2. The minimum atomic E-state index is -3.49. The second-order valence-corrected chi connectivity index (χ2v) is 7.95. The van der Waals surface area contributed by atoms with Gasteiger partial charge in [0, 0.05) is 5.54 Å². The van der Waals surface area contributed by atoms with Gasteiger partial charge in [0.1, 0.15) is 15.2 Å². The minimum absolute atomic E-state index is 0.228. The van der Waals surface area contributed by atoms with Crippen molar-refractivity contribution in [2.45, 2.75) is 48.8 Å². The summed E-state index contributed by atoms with van der Waals surface area (Å²) in [6, 6.07) is 5.00. The number of nitrogens with zero attached hydrogens (tertiary/aromatic N) is 1. The van der Waals surface area contributed by atoms with Crippen LogP contribution in [0.1, 0.15) is 43.9 Å². The summed E-state index contributed by atoms with van der Waals surface area (Å²) in [6.07, 6.45) is 5.06. The first kappa shape index (κ1) is 13.5. The van der Waals surface area contributed by atoms with Crippen LogP contribution in [-0.2, 0) is 10.0 Å². The maximum atomic E-state index is 12.2. The summed E-state index contributed by atoms with van der Waals surface area (Å²) in [5.41, 5.74) is -0.339. The Labute approximate surface area is 112 Å². The van der Waals surface area contributed by atoms with Crippen molar-refractivity contribution < 1.29 is 8.42 Å². The highest BCUT2D eigenvalue weighted by molar-refractivity contribution is 7.91. The molecule has 1 aliphatic carbocycles. The van der Waals surface area contributed by atoms with Gasteiger partial charge < -0.3 is 0 Å². The number of nitrogens with one attached hydrogen (secondary N) is 1. The number of hydrogen-bond donors (Lipinski definition) is 1. The van der Waals surface area contributed by atoms with E-state index in [0.717, 1.165) is 37.0 Å². The predicted molar refractivity (Wildman–Crippen MR) is 70.8 cm³/mol. The van der Waals surface area contributed by atoms with E-state index in [-0.39, 0.29) is 9.75 Å². The number of sulfonamides is 1. The molecule has 0 bridgehead atoms. The highest BCUT2D eigenvalue weighted by atomic mass is 32.2. The van der Waals surface area contributed by atoms with Gasteiger partial charge in [-0.3, -0.25) is 0 Å². The topological polar surface area (TPSA) is 70.0 Å². The molecule has 0 radical (unpaired) electrons. The zero-order valence-corrected chi connectivity index (χ0v) is 11.9. The molecule has 2 rings (SSSR count). The Morgan fingerprint density at radius 1 is 1.33 bits per heavy atom. The van der Waals surface area contributed by atoms with E-state index in [1.54, 1.807) is 6.07 Å². The van der Waals surface area contributed by atoms with Gasteiger partial charge in [0.25, 0.3) is 10.0 Å². The van der Waals surface area contributed by atoms with E-state index in [9.17, 15) is 8.42 Å². The fourth-order valence-electron chi connectivity index (χ4n) is 2.33. The normalized spacial score (nSPS) is 19.3. The highest BCUT2D eigenvalue weighted by Crippen LogP contribution is 2.30. The summed E-state index contributed by atoms with van der Waals surface area (Å²) < 4.78 is 27.5. The highest BCUT2D eigenvalue weighted by Gasteiger charge is 2.32. The fraction of sp³-hybridized carbons (Fsp3) is 0.583. The van der Waals surface area contributed by atoms with Crippen LogP contribution in [0, 0.1) is 11.3 Å². The van der Waals surface area contributed by atoms with Crippen LogP contribution in [0.3, 0.4) is 0 Å². The average molecular weight is 284 g/mol. The predicted octanol–water partition coefficient (Wildman–Crippen LogP) is 2.62. The van der Waals surface area contributed by atoms with Crippen molar-refractivity contribution in [2.24, 2.45) is 0 Å². The van der Waals surface area contributed by atoms with Gasteiger partial charge in [0.15, 0.2) is 0 Å². The molecule has 0 aromatic carbocycles. The van der Waals surface area contributed by atoms with E-state index >= 15 is 0 Å². The van der Waals surface area contributed by atoms with Crippen molar-refractivity contribution in [3.05, 3.63) is 17.0 Å². The first-order valence-corrected chi connectivity index (χ1v) is 8.29. The van der Waals surface area contributed by atoms with Gasteiger partial charge in [-0.05, 0) is 31.9 Å². The first-order valence-electron chi connectivity index (χ1n) is 5.99. The quantitative estimate of drug-likeness (QED) is 0.927. The lowest BCUT2D eigenvalue weighted by Gasteiger charge is -2.33. The molecule has 1 aromatic rings. The maximum Gasteiger partial charge on any atom is 0.250 e. The standard InChI is InChI=1S/C12H16N2O2S2/c1-12(7-3-2-4-8-12)14-18(15,16)11-6-5-10(9-13)17-11/h5-6,14H,2-4,7-8H2,1H3. The zero-order valence-electron chi connectivity index (χ0n) is 10.3. The van der Waals surface area contributed by atoms with Gasteiger partial charge in [-0.1, -0.05) is 19.3 Å². The molecule has 0 aliphatic heterocycles. The third-order valence-electron chi connectivity index (χ3n) is 3.29. The number of rotatable bonds is 3. The Kier molecular flexibility index (Phi) is 3.76. The average Bonchev–Trinajstić information content (AvgIpc) is 2.77. The number of hydrogen-bond acceptors (Lipinski definition) is 4. The van der Waals surface area contributed by atoms with Crippen LogP contribution in [0.25, 0.3) is 0 Å². The molecule has 0 atom stereocenters. The van der Waals surface area contributed by atoms with Crippen LogP contribution in [0.15, 0.2) is 16.3 Å². The van der Waals surface area contributed by atoms with E-state index in [4.69, 9.17) is 5.26 Å². The van der Waals surface area contributed by atoms with Crippen molar-refractivity contribution in [3.8, 4) is 6.07 Å². The molecule has 0 spiro atoms. The molecule has 1 fully saturated rings. The van der Waals surface area contributed by atoms with Crippen LogP contribution in [0.2, 0.25) is 0 Å². The van der Waals surface area contributed by atoms with Gasteiger partial charge in [0.05, 0.1) is 0 Å². The van der Waals surface area contributed by atoms with E-state index in [1.807, 2.05) is 13.0 Å². The lowest BCUT2D eigenvalue weighted by Crippen LogP contribution is -2.46. The Morgan fingerprint density at radius 2 is 2.00 bits per heavy atom. The van der Waals surface area contributed by atoms with Crippen LogP contribution in [0.4, 0.5) is 0 Å². The lowest BCUT2D eigenvalue weighted by atomic mass is 9.84. The monoisotopic (exact) mass is 284 g/mol. The molecule has 1 saturated carbocycles. The van der Waals surface area contributed by atoms with Crippen molar-refractivity contribution in [1.82, 2.24) is 4.72 Å². The molecule has 4 nitrogen and oxygen atoms in total. The van der Waals surface area contributed by atoms with E-state index in [1.165, 1.54) is 12.5 Å². The third kappa shape index (κ3) is 2.91. The molecule has 0 amide bonds. The van der Waals surface area contributed by atoms with Gasteiger partial charge in [-0.25, -0.2) is 13.1 Å². The molecule has 1 heterocycles. The Balaban J connectivity index is 2.19. The smallest absolute Gasteiger partial charge is 0.206 e. The van der Waals surface area contributed by atoms with Crippen LogP contribution in [-0.4, -0.2) is 14.0 Å². The van der Waals surface area contributed by atoms with E-state index in [2.05, 4.69) is 4.72 Å². The van der Waals surface area contributed by atoms with Crippen LogP contribution < -0.4 is 4.72 Å². The first-order chi connectivity index (χ1) is 8.45. The lowest BCUT2D eigenvalue weighted by molar-refractivity contribution is 0.294. The third-order valence-corrected chi connectivity index (χ3v) is 6.41. The van der Waals surface area contributed by atoms with E-state index < -0.39 is 10.0 Å². The summed E-state index contributed by atoms with van der Waals surface area (Å²) in [7, 11) is -3.49. The summed E-state index contributed by atoms with van der Waals surface area (Å²) in [5, 5.41) is 8.73. The Hall–Kier alpha value is -0.900. The molecule has 0 unspecified atom stereocenters. The molecule has 18 heavy (non-hydrogen) atoms. The molecular formula is C12H16N2O2S2. The second-order valence-electron chi connectivity index (χ2n) is 4.96. The SMILES string of the molecule is CC1(NS(=O)(=O)c2ccc(C#N)s2)CCCCC1. The van der Waals surface area contributed by atoms with Gasteiger partial charge in [0.2, 0.25) is 0 Å². The zero-order chi connectivity index (χ0) is 13.2. The second kappa shape index (κ2) is 5.00. The van der Waals surface area contributed by atoms with Crippen molar-refractivity contribution in [2.75, 3.05) is 0 Å². The summed E-state index contributed by atoms with van der Waals surface area (Å²) in [4.78, 5) is 0.421. The van der Waals surface area contributed by atoms with E-state index in [0.29, 0.717) is 4.88 Å². The molecule has 1 N–H and O–H groups in total. The number of nitriles is 1. The van der Waals surface area contributed by atoms with Crippen molar-refractivity contribution in [3.63, 3.8) is 0 Å². The van der Waals surface area contributed by atoms with Crippen molar-refractivity contribution in [1.29, 1.82) is 5.26 Å². The Bertz CT molecular complexity index is 563. The molecular weight excluding hydrogens is 268 g/mol. The summed E-state index contributed by atoms with van der Waals surface area (Å²) in [6.45, 7) is 1.96. The molecule has 98 valence electrons. The molecule has 1 aliphatic rings. The van der Waals surface area contributed by atoms with Gasteiger partial charge in [-0.2, -0.15) is 5.26 Å². The fourth-order valence-corrected chi connectivity index (χ4v) is 4.90. The minimum Gasteiger partial charge on any atom is -0.206 e. The Morgan fingerprint density at radius 3 is 2.56 bits per heavy atom. The van der Waals surface area contributed by atoms with Crippen LogP contribution >= 0.6 is 11.3 Å². The summed E-state index contributed by atoms with van der Waals surface area (Å²) >= 11 is 1.02.